The molecule has 0 aliphatic rings. The number of rotatable bonds is 5. The van der Waals surface area contributed by atoms with Gasteiger partial charge in [0.25, 0.3) is 11.5 Å². The minimum atomic E-state index is -0.242. The van der Waals surface area contributed by atoms with E-state index in [0.29, 0.717) is 24.4 Å². The van der Waals surface area contributed by atoms with E-state index in [-0.39, 0.29) is 11.5 Å². The molecule has 1 aromatic heterocycles. The molecule has 0 unspecified atom stereocenters. The van der Waals surface area contributed by atoms with Gasteiger partial charge in [-0.3, -0.25) is 9.59 Å². The highest BCUT2D eigenvalue weighted by atomic mass is 16.5. The number of ether oxygens (including phenoxy) is 1. The first-order valence-electron chi connectivity index (χ1n) is 6.58. The Balaban J connectivity index is 1.98. The minimum Gasteiger partial charge on any atom is -0.496 e. The van der Waals surface area contributed by atoms with Crippen LogP contribution in [0.25, 0.3) is 0 Å². The SMILES string of the molecule is COc1ccccc1C(=O)NCCn1nc(C)ccc1=O. The van der Waals surface area contributed by atoms with E-state index in [1.54, 1.807) is 30.3 Å². The van der Waals surface area contributed by atoms with Crippen molar-refractivity contribution in [1.82, 2.24) is 15.1 Å². The zero-order valence-corrected chi connectivity index (χ0v) is 12.0. The summed E-state index contributed by atoms with van der Waals surface area (Å²) in [6, 6.07) is 10.1. The highest BCUT2D eigenvalue weighted by Gasteiger charge is 2.10. The number of amides is 1. The molecule has 6 heteroatoms. The number of methoxy groups -OCH3 is 1. The summed E-state index contributed by atoms with van der Waals surface area (Å²) in [6.07, 6.45) is 0. The molecule has 0 aliphatic carbocycles. The molecular formula is C15H17N3O3. The molecule has 0 saturated carbocycles. The van der Waals surface area contributed by atoms with Gasteiger partial charge in [-0.15, -0.1) is 0 Å². The number of aromatic nitrogens is 2. The number of benzene rings is 1. The second-order valence-electron chi connectivity index (χ2n) is 4.49. The lowest BCUT2D eigenvalue weighted by Crippen LogP contribution is -2.32. The van der Waals surface area contributed by atoms with Crippen LogP contribution in [0, 0.1) is 6.92 Å². The molecule has 6 nitrogen and oxygen atoms in total. The number of hydrogen-bond acceptors (Lipinski definition) is 4. The largest absolute Gasteiger partial charge is 0.496 e. The predicted octanol–water partition coefficient (Wildman–Crippen LogP) is 0.990. The van der Waals surface area contributed by atoms with Crippen LogP contribution in [0.1, 0.15) is 16.1 Å². The summed E-state index contributed by atoms with van der Waals surface area (Å²) < 4.78 is 6.47. The highest BCUT2D eigenvalue weighted by molar-refractivity contribution is 5.96. The number of carbonyl (C=O) groups excluding carboxylic acids is 1. The number of carbonyl (C=O) groups is 1. The molecule has 2 aromatic rings. The van der Waals surface area contributed by atoms with Crippen LogP contribution in [0.5, 0.6) is 5.75 Å². The van der Waals surface area contributed by atoms with Crippen LogP contribution in [0.2, 0.25) is 0 Å². The van der Waals surface area contributed by atoms with Gasteiger partial charge in [0.2, 0.25) is 0 Å². The summed E-state index contributed by atoms with van der Waals surface area (Å²) in [6.45, 7) is 2.44. The number of aryl methyl sites for hydroxylation is 1. The van der Waals surface area contributed by atoms with Crippen molar-refractivity contribution < 1.29 is 9.53 Å². The Kier molecular flexibility index (Phi) is 4.71. The van der Waals surface area contributed by atoms with E-state index in [2.05, 4.69) is 10.4 Å². The Morgan fingerprint density at radius 3 is 2.81 bits per heavy atom. The maximum Gasteiger partial charge on any atom is 0.266 e. The normalized spacial score (nSPS) is 10.2. The van der Waals surface area contributed by atoms with E-state index >= 15 is 0 Å². The highest BCUT2D eigenvalue weighted by Crippen LogP contribution is 2.16. The summed E-state index contributed by atoms with van der Waals surface area (Å²) in [5, 5.41) is 6.85. The quantitative estimate of drug-likeness (QED) is 0.890. The van der Waals surface area contributed by atoms with Gasteiger partial charge in [-0.25, -0.2) is 4.68 Å². The van der Waals surface area contributed by atoms with Gasteiger partial charge >= 0.3 is 0 Å². The lowest BCUT2D eigenvalue weighted by molar-refractivity contribution is 0.0948. The van der Waals surface area contributed by atoms with E-state index in [1.165, 1.54) is 17.9 Å². The molecule has 1 aromatic carbocycles. The summed E-state index contributed by atoms with van der Waals surface area (Å²) in [5.41, 5.74) is 1.03. The Bertz CT molecular complexity index is 695. The van der Waals surface area contributed by atoms with E-state index in [4.69, 9.17) is 4.74 Å². The molecule has 0 saturated heterocycles. The van der Waals surface area contributed by atoms with Crippen LogP contribution in [-0.2, 0) is 6.54 Å². The Morgan fingerprint density at radius 2 is 2.05 bits per heavy atom. The van der Waals surface area contributed by atoms with Crippen molar-refractivity contribution in [2.45, 2.75) is 13.5 Å². The van der Waals surface area contributed by atoms with Gasteiger partial charge in [0.05, 0.1) is 24.9 Å². The topological polar surface area (TPSA) is 73.2 Å². The summed E-state index contributed by atoms with van der Waals surface area (Å²) in [4.78, 5) is 23.7. The van der Waals surface area contributed by atoms with Crippen LogP contribution in [0.4, 0.5) is 0 Å². The van der Waals surface area contributed by atoms with Gasteiger partial charge in [-0.05, 0) is 25.1 Å². The fourth-order valence-corrected chi connectivity index (χ4v) is 1.91. The van der Waals surface area contributed by atoms with E-state index < -0.39 is 0 Å². The van der Waals surface area contributed by atoms with Crippen LogP contribution in [-0.4, -0.2) is 29.3 Å². The zero-order chi connectivity index (χ0) is 15.2. The number of hydrogen-bond donors (Lipinski definition) is 1. The summed E-state index contributed by atoms with van der Waals surface area (Å²) >= 11 is 0. The molecule has 110 valence electrons. The fourth-order valence-electron chi connectivity index (χ4n) is 1.91. The van der Waals surface area contributed by atoms with Gasteiger partial charge in [0.15, 0.2) is 0 Å². The molecular weight excluding hydrogens is 270 g/mol. The second-order valence-corrected chi connectivity index (χ2v) is 4.49. The molecule has 0 spiro atoms. The molecule has 21 heavy (non-hydrogen) atoms. The molecule has 0 radical (unpaired) electrons. The fraction of sp³-hybridized carbons (Fsp3) is 0.267. The Morgan fingerprint density at radius 1 is 1.29 bits per heavy atom. The van der Waals surface area contributed by atoms with Crippen molar-refractivity contribution in [2.75, 3.05) is 13.7 Å². The standard InChI is InChI=1S/C15H17N3O3/c1-11-7-8-14(19)18(17-11)10-9-16-15(20)12-5-3-4-6-13(12)21-2/h3-8H,9-10H2,1-2H3,(H,16,20). The Labute approximate surface area is 122 Å². The number of nitrogens with one attached hydrogen (secondary N) is 1. The maximum atomic E-state index is 12.1. The molecule has 0 atom stereocenters. The van der Waals surface area contributed by atoms with Crippen LogP contribution >= 0.6 is 0 Å². The third kappa shape index (κ3) is 3.68. The van der Waals surface area contributed by atoms with Gasteiger partial charge in [0, 0.05) is 12.6 Å². The maximum absolute atomic E-state index is 12.1. The zero-order valence-electron chi connectivity index (χ0n) is 12.0. The summed E-state index contributed by atoms with van der Waals surface area (Å²) in [7, 11) is 1.52. The van der Waals surface area contributed by atoms with Crippen molar-refractivity contribution in [3.8, 4) is 5.75 Å². The molecule has 1 heterocycles. The molecule has 0 aliphatic heterocycles. The first-order chi connectivity index (χ1) is 10.1. The van der Waals surface area contributed by atoms with Crippen molar-refractivity contribution >= 4 is 5.91 Å². The Hall–Kier alpha value is -2.63. The van der Waals surface area contributed by atoms with Crippen LogP contribution in [0.3, 0.4) is 0 Å². The molecule has 2 rings (SSSR count). The van der Waals surface area contributed by atoms with Gasteiger partial charge in [-0.1, -0.05) is 12.1 Å². The number of para-hydroxylation sites is 1. The first-order valence-corrected chi connectivity index (χ1v) is 6.58. The van der Waals surface area contributed by atoms with E-state index in [0.717, 1.165) is 5.69 Å². The van der Waals surface area contributed by atoms with Crippen molar-refractivity contribution in [1.29, 1.82) is 0 Å². The van der Waals surface area contributed by atoms with Crippen LogP contribution in [0.15, 0.2) is 41.2 Å². The minimum absolute atomic E-state index is 0.188. The number of nitrogens with zero attached hydrogens (tertiary/aromatic N) is 2. The monoisotopic (exact) mass is 287 g/mol. The lowest BCUT2D eigenvalue weighted by atomic mass is 10.2. The van der Waals surface area contributed by atoms with Crippen LogP contribution < -0.4 is 15.6 Å². The van der Waals surface area contributed by atoms with Crippen molar-refractivity contribution in [3.63, 3.8) is 0 Å². The van der Waals surface area contributed by atoms with Gasteiger partial charge < -0.3 is 10.1 Å². The molecule has 0 bridgehead atoms. The third-order valence-electron chi connectivity index (χ3n) is 2.96. The van der Waals surface area contributed by atoms with Crippen molar-refractivity contribution in [3.05, 3.63) is 58.0 Å². The van der Waals surface area contributed by atoms with Gasteiger partial charge in [-0.2, -0.15) is 5.10 Å². The third-order valence-corrected chi connectivity index (χ3v) is 2.96. The van der Waals surface area contributed by atoms with E-state index in [1.807, 2.05) is 6.92 Å². The first kappa shape index (κ1) is 14.8. The van der Waals surface area contributed by atoms with E-state index in [9.17, 15) is 9.59 Å². The second kappa shape index (κ2) is 6.69. The molecule has 1 N–H and O–H groups in total. The van der Waals surface area contributed by atoms with Gasteiger partial charge in [0.1, 0.15) is 5.75 Å². The van der Waals surface area contributed by atoms with Crippen molar-refractivity contribution in [2.24, 2.45) is 0 Å². The smallest absolute Gasteiger partial charge is 0.266 e. The predicted molar refractivity (Wildman–Crippen MR) is 78.6 cm³/mol. The molecule has 1 amide bonds. The lowest BCUT2D eigenvalue weighted by Gasteiger charge is -2.09. The average Bonchev–Trinajstić information content (AvgIpc) is 2.50. The summed E-state index contributed by atoms with van der Waals surface area (Å²) in [5.74, 6) is 0.272. The average molecular weight is 287 g/mol. The molecule has 0 fully saturated rings.